The van der Waals surface area contributed by atoms with E-state index in [1.165, 1.54) is 0 Å². The van der Waals surface area contributed by atoms with Crippen molar-refractivity contribution in [1.29, 1.82) is 0 Å². The molecule has 0 spiro atoms. The fourth-order valence-corrected chi connectivity index (χ4v) is 2.45. The van der Waals surface area contributed by atoms with E-state index in [0.717, 1.165) is 35.8 Å². The first-order valence-corrected chi connectivity index (χ1v) is 9.13. The monoisotopic (exact) mass is 428 g/mol. The van der Waals surface area contributed by atoms with Crippen LogP contribution in [0.3, 0.4) is 0 Å². The number of carbonyl (C=O) groups excluding carboxylic acids is 1. The van der Waals surface area contributed by atoms with Crippen molar-refractivity contribution in [2.24, 2.45) is 0 Å². The van der Waals surface area contributed by atoms with Crippen LogP contribution < -0.4 is 10.6 Å². The van der Waals surface area contributed by atoms with E-state index in [1.54, 1.807) is 0 Å². The maximum atomic E-state index is 12.0. The van der Waals surface area contributed by atoms with E-state index in [4.69, 9.17) is 34.8 Å². The first-order valence-electron chi connectivity index (χ1n) is 7.21. The summed E-state index contributed by atoms with van der Waals surface area (Å²) in [7, 11) is 0. The topological polar surface area (TPSA) is 41.1 Å². The van der Waals surface area contributed by atoms with Gasteiger partial charge in [-0.25, -0.2) is 0 Å². The summed E-state index contributed by atoms with van der Waals surface area (Å²) in [5, 5.41) is 5.77. The molecule has 0 radical (unpaired) electrons. The van der Waals surface area contributed by atoms with Gasteiger partial charge in [0, 0.05) is 16.6 Å². The van der Waals surface area contributed by atoms with E-state index in [-0.39, 0.29) is 5.91 Å². The van der Waals surface area contributed by atoms with E-state index in [9.17, 15) is 4.79 Å². The normalized spacial score (nSPS) is 12.8. The summed E-state index contributed by atoms with van der Waals surface area (Å²) in [4.78, 5) is 12.0. The van der Waals surface area contributed by atoms with Crippen molar-refractivity contribution in [1.82, 2.24) is 5.32 Å². The molecular weight excluding hydrogens is 410 g/mol. The Kier molecular flexibility index (Phi) is 8.91. The van der Waals surface area contributed by atoms with Gasteiger partial charge in [-0.2, -0.15) is 0 Å². The SMILES string of the molecule is CCCCCCC(=O)N[C@H](Nc1ccc(Br)cc1)C(Cl)(Cl)Cl. The minimum Gasteiger partial charge on any atom is -0.362 e. The lowest BCUT2D eigenvalue weighted by molar-refractivity contribution is -0.121. The van der Waals surface area contributed by atoms with Crippen molar-refractivity contribution in [2.45, 2.75) is 49.0 Å². The Labute approximate surface area is 155 Å². The summed E-state index contributed by atoms with van der Waals surface area (Å²) >= 11 is 21.2. The summed E-state index contributed by atoms with van der Waals surface area (Å²) in [6.45, 7) is 2.13. The molecule has 7 heteroatoms. The van der Waals surface area contributed by atoms with Gasteiger partial charge in [-0.15, -0.1) is 0 Å². The van der Waals surface area contributed by atoms with Crippen LogP contribution in [0.1, 0.15) is 39.0 Å². The average molecular weight is 431 g/mol. The molecule has 1 aromatic rings. The third-order valence-corrected chi connectivity index (χ3v) is 4.23. The van der Waals surface area contributed by atoms with Crippen molar-refractivity contribution in [3.05, 3.63) is 28.7 Å². The second kappa shape index (κ2) is 9.86. The van der Waals surface area contributed by atoms with E-state index < -0.39 is 9.96 Å². The summed E-state index contributed by atoms with van der Waals surface area (Å²) in [6.07, 6.45) is 3.76. The molecule has 0 heterocycles. The molecule has 0 aliphatic carbocycles. The highest BCUT2D eigenvalue weighted by atomic mass is 79.9. The summed E-state index contributed by atoms with van der Waals surface area (Å²) in [5.74, 6) is -0.128. The molecule has 0 aliphatic rings. The van der Waals surface area contributed by atoms with Gasteiger partial charge in [-0.05, 0) is 30.7 Å². The van der Waals surface area contributed by atoms with Crippen LogP contribution >= 0.6 is 50.7 Å². The van der Waals surface area contributed by atoms with Crippen LogP contribution in [0.5, 0.6) is 0 Å². The number of amides is 1. The van der Waals surface area contributed by atoms with Crippen LogP contribution in [0.4, 0.5) is 5.69 Å². The summed E-state index contributed by atoms with van der Waals surface area (Å²) in [6, 6.07) is 7.40. The lowest BCUT2D eigenvalue weighted by Crippen LogP contribution is -2.49. The van der Waals surface area contributed by atoms with Gasteiger partial charge in [-0.1, -0.05) is 76.9 Å². The highest BCUT2D eigenvalue weighted by Crippen LogP contribution is 2.31. The van der Waals surface area contributed by atoms with Crippen LogP contribution in [0.25, 0.3) is 0 Å². The Hall–Kier alpha value is -0.160. The van der Waals surface area contributed by atoms with Crippen LogP contribution in [0.15, 0.2) is 28.7 Å². The Balaban J connectivity index is 2.57. The molecule has 1 atom stereocenters. The minimum absolute atomic E-state index is 0.128. The number of carbonyl (C=O) groups is 1. The molecule has 3 nitrogen and oxygen atoms in total. The first kappa shape index (κ1) is 19.9. The molecule has 2 N–H and O–H groups in total. The van der Waals surface area contributed by atoms with Gasteiger partial charge in [0.05, 0.1) is 0 Å². The van der Waals surface area contributed by atoms with Gasteiger partial charge >= 0.3 is 0 Å². The zero-order valence-corrected chi connectivity index (χ0v) is 16.2. The second-order valence-corrected chi connectivity index (χ2v) is 8.29. The molecule has 0 saturated carbocycles. The summed E-state index contributed by atoms with van der Waals surface area (Å²) in [5.41, 5.74) is 0.755. The molecule has 0 unspecified atom stereocenters. The van der Waals surface area contributed by atoms with Crippen molar-refractivity contribution in [2.75, 3.05) is 5.32 Å². The van der Waals surface area contributed by atoms with E-state index in [1.807, 2.05) is 24.3 Å². The molecule has 1 aromatic carbocycles. The molecule has 0 fully saturated rings. The average Bonchev–Trinajstić information content (AvgIpc) is 2.44. The Bertz CT molecular complexity index is 463. The number of unbranched alkanes of at least 4 members (excludes halogenated alkanes) is 3. The van der Waals surface area contributed by atoms with Gasteiger partial charge in [0.1, 0.15) is 6.17 Å². The number of nitrogens with one attached hydrogen (secondary N) is 2. The number of anilines is 1. The van der Waals surface area contributed by atoms with Crippen LogP contribution in [-0.2, 0) is 4.79 Å². The highest BCUT2D eigenvalue weighted by Gasteiger charge is 2.33. The zero-order chi connectivity index (χ0) is 16.6. The summed E-state index contributed by atoms with van der Waals surface area (Å²) < 4.78 is -0.699. The number of halogens is 4. The predicted molar refractivity (Wildman–Crippen MR) is 98.7 cm³/mol. The van der Waals surface area contributed by atoms with Crippen molar-refractivity contribution >= 4 is 62.3 Å². The Morgan fingerprint density at radius 1 is 1.18 bits per heavy atom. The molecule has 0 aliphatic heterocycles. The number of alkyl halides is 3. The number of rotatable bonds is 8. The van der Waals surface area contributed by atoms with E-state index in [0.29, 0.717) is 6.42 Å². The largest absolute Gasteiger partial charge is 0.362 e. The van der Waals surface area contributed by atoms with Gasteiger partial charge in [0.25, 0.3) is 0 Å². The second-order valence-electron chi connectivity index (χ2n) is 5.00. The third-order valence-electron chi connectivity index (χ3n) is 3.05. The smallest absolute Gasteiger partial charge is 0.228 e. The van der Waals surface area contributed by atoms with Gasteiger partial charge in [-0.3, -0.25) is 4.79 Å². The van der Waals surface area contributed by atoms with Gasteiger partial charge in [0.2, 0.25) is 9.70 Å². The molecule has 0 saturated heterocycles. The molecule has 22 heavy (non-hydrogen) atoms. The van der Waals surface area contributed by atoms with Gasteiger partial charge in [0.15, 0.2) is 0 Å². The minimum atomic E-state index is -1.65. The molecule has 0 aromatic heterocycles. The van der Waals surface area contributed by atoms with Crippen molar-refractivity contribution in [3.8, 4) is 0 Å². The molecule has 1 rings (SSSR count). The fraction of sp³-hybridized carbons (Fsp3) is 0.533. The molecule has 0 bridgehead atoms. The van der Waals surface area contributed by atoms with E-state index >= 15 is 0 Å². The lowest BCUT2D eigenvalue weighted by Gasteiger charge is -2.27. The highest BCUT2D eigenvalue weighted by molar-refractivity contribution is 9.10. The number of hydrogen-bond acceptors (Lipinski definition) is 2. The van der Waals surface area contributed by atoms with Crippen LogP contribution in [0, 0.1) is 0 Å². The predicted octanol–water partition coefficient (Wildman–Crippen LogP) is 5.64. The molecule has 124 valence electrons. The first-order chi connectivity index (χ1) is 10.3. The number of hydrogen-bond donors (Lipinski definition) is 2. The van der Waals surface area contributed by atoms with Crippen molar-refractivity contribution in [3.63, 3.8) is 0 Å². The standard InChI is InChI=1S/C15H20BrCl3N2O/c1-2-3-4-5-6-13(22)21-14(15(17,18)19)20-12-9-7-11(16)8-10-12/h7-10,14,20H,2-6H2,1H3,(H,21,22)/t14-/m0/s1. The van der Waals surface area contributed by atoms with Crippen molar-refractivity contribution < 1.29 is 4.79 Å². The Morgan fingerprint density at radius 2 is 1.82 bits per heavy atom. The number of benzene rings is 1. The zero-order valence-electron chi connectivity index (χ0n) is 12.3. The van der Waals surface area contributed by atoms with Crippen LogP contribution in [0.2, 0.25) is 0 Å². The lowest BCUT2D eigenvalue weighted by atomic mass is 10.1. The molecular formula is C15H20BrCl3N2O. The Morgan fingerprint density at radius 3 is 2.36 bits per heavy atom. The fourth-order valence-electron chi connectivity index (χ4n) is 1.86. The third kappa shape index (κ3) is 7.91. The maximum absolute atomic E-state index is 12.0. The molecule has 1 amide bonds. The maximum Gasteiger partial charge on any atom is 0.228 e. The van der Waals surface area contributed by atoms with Crippen LogP contribution in [-0.4, -0.2) is 15.9 Å². The quantitative estimate of drug-likeness (QED) is 0.318. The van der Waals surface area contributed by atoms with Gasteiger partial charge < -0.3 is 10.6 Å². The van der Waals surface area contributed by atoms with E-state index in [2.05, 4.69) is 33.5 Å².